The molecule has 0 N–H and O–H groups in total. The summed E-state index contributed by atoms with van der Waals surface area (Å²) in [6.07, 6.45) is 0. The van der Waals surface area contributed by atoms with Gasteiger partial charge in [0.25, 0.3) is 0 Å². The molecule has 0 radical (unpaired) electrons. The maximum atomic E-state index is 2.43. The van der Waals surface area contributed by atoms with Crippen LogP contribution in [0.15, 0.2) is 243 Å². The molecule has 11 rings (SSSR count). The molecule has 2 heteroatoms. The number of benzene rings is 10. The third-order valence-corrected chi connectivity index (χ3v) is 11.8. The topological polar surface area (TPSA) is 8.17 Å². The Morgan fingerprint density at radius 1 is 0.283 bits per heavy atom. The molecule has 0 aliphatic heterocycles. The van der Waals surface area contributed by atoms with E-state index in [2.05, 4.69) is 252 Å². The third kappa shape index (κ3) is 6.23. The van der Waals surface area contributed by atoms with Crippen molar-refractivity contribution in [3.8, 4) is 50.2 Å². The highest BCUT2D eigenvalue weighted by molar-refractivity contribution is 6.11. The second-order valence-corrected chi connectivity index (χ2v) is 15.3. The number of nitrogens with zero attached hydrogens (tertiary/aromatic N) is 2. The van der Waals surface area contributed by atoms with Gasteiger partial charge in [0.1, 0.15) is 0 Å². The van der Waals surface area contributed by atoms with Crippen LogP contribution in [0.1, 0.15) is 0 Å². The van der Waals surface area contributed by atoms with Crippen LogP contribution in [0.3, 0.4) is 0 Å². The fourth-order valence-electron chi connectivity index (χ4n) is 8.99. The van der Waals surface area contributed by atoms with Crippen molar-refractivity contribution in [1.82, 2.24) is 4.57 Å². The van der Waals surface area contributed by atoms with Gasteiger partial charge in [-0.2, -0.15) is 0 Å². The van der Waals surface area contributed by atoms with Crippen LogP contribution in [0.5, 0.6) is 0 Å². The van der Waals surface area contributed by atoms with Crippen LogP contribution in [0, 0.1) is 0 Å². The Kier molecular flexibility index (Phi) is 8.87. The van der Waals surface area contributed by atoms with Crippen molar-refractivity contribution < 1.29 is 0 Å². The SMILES string of the molecule is c1ccc(-c2ccc(N(c3ccc4c5ccccc5n(-c5ccc(-c6ccccc6-c6ccccc6)cc5)c4c3)c3ccccc3-c3cccc4ccccc34)cc2)cc1. The fraction of sp³-hybridized carbons (Fsp3) is 0. The Bertz CT molecular complexity index is 3280. The van der Waals surface area contributed by atoms with Crippen LogP contribution in [-0.4, -0.2) is 4.57 Å². The van der Waals surface area contributed by atoms with E-state index in [1.54, 1.807) is 0 Å². The van der Waals surface area contributed by atoms with Crippen molar-refractivity contribution in [2.45, 2.75) is 0 Å². The number of hydrogen-bond donors (Lipinski definition) is 0. The summed E-state index contributed by atoms with van der Waals surface area (Å²) >= 11 is 0. The molecule has 0 unspecified atom stereocenters. The summed E-state index contributed by atoms with van der Waals surface area (Å²) in [6, 6.07) is 87.9. The van der Waals surface area contributed by atoms with Gasteiger partial charge >= 0.3 is 0 Å². The first-order valence-corrected chi connectivity index (χ1v) is 20.6. The molecule has 0 saturated carbocycles. The average molecular weight is 765 g/mol. The maximum absolute atomic E-state index is 2.43. The number of rotatable bonds is 8. The first kappa shape index (κ1) is 35.2. The van der Waals surface area contributed by atoms with Gasteiger partial charge in [-0.1, -0.05) is 194 Å². The van der Waals surface area contributed by atoms with E-state index in [9.17, 15) is 0 Å². The zero-order valence-corrected chi connectivity index (χ0v) is 33.0. The van der Waals surface area contributed by atoms with E-state index in [-0.39, 0.29) is 0 Å². The van der Waals surface area contributed by atoms with Crippen molar-refractivity contribution in [2.75, 3.05) is 4.90 Å². The zero-order valence-electron chi connectivity index (χ0n) is 33.0. The first-order chi connectivity index (χ1) is 29.8. The lowest BCUT2D eigenvalue weighted by Gasteiger charge is -2.28. The summed E-state index contributed by atoms with van der Waals surface area (Å²) in [5.74, 6) is 0. The standard InChI is InChI=1S/C58H40N2/c1-3-16-41(17-4-1)42-30-34-46(35-31-42)59(56-28-13-11-25-53(56)52-27-15-21-44-20-7-8-24-51(44)52)48-38-39-55-54-26-12-14-29-57(54)60(58(55)40-48)47-36-32-45(33-37-47)50-23-10-9-22-49(50)43-18-5-2-6-19-43/h1-40H. The Labute approximate surface area is 350 Å². The Morgan fingerprint density at radius 3 is 1.53 bits per heavy atom. The highest BCUT2D eigenvalue weighted by Gasteiger charge is 2.21. The van der Waals surface area contributed by atoms with E-state index in [0.29, 0.717) is 0 Å². The van der Waals surface area contributed by atoms with Gasteiger partial charge in [0.2, 0.25) is 0 Å². The molecule has 0 amide bonds. The Morgan fingerprint density at radius 2 is 0.783 bits per heavy atom. The Hall–Kier alpha value is -7.94. The molecule has 0 saturated heterocycles. The quantitative estimate of drug-likeness (QED) is 0.150. The molecule has 11 aromatic rings. The minimum absolute atomic E-state index is 1.08. The van der Waals surface area contributed by atoms with Crippen molar-refractivity contribution in [1.29, 1.82) is 0 Å². The number of hydrogen-bond acceptors (Lipinski definition) is 1. The predicted molar refractivity (Wildman–Crippen MR) is 255 cm³/mol. The van der Waals surface area contributed by atoms with E-state index < -0.39 is 0 Å². The van der Waals surface area contributed by atoms with E-state index >= 15 is 0 Å². The summed E-state index contributed by atoms with van der Waals surface area (Å²) in [5.41, 5.74) is 16.4. The highest BCUT2D eigenvalue weighted by Crippen LogP contribution is 2.45. The number of anilines is 3. The van der Waals surface area contributed by atoms with Gasteiger partial charge in [-0.3, -0.25) is 0 Å². The maximum Gasteiger partial charge on any atom is 0.0561 e. The number of para-hydroxylation sites is 2. The summed E-state index contributed by atoms with van der Waals surface area (Å²) < 4.78 is 2.42. The van der Waals surface area contributed by atoms with E-state index in [4.69, 9.17) is 0 Å². The van der Waals surface area contributed by atoms with Crippen molar-refractivity contribution in [2.24, 2.45) is 0 Å². The zero-order chi connectivity index (χ0) is 39.8. The van der Waals surface area contributed by atoms with Crippen molar-refractivity contribution >= 4 is 49.6 Å². The van der Waals surface area contributed by atoms with E-state index in [1.165, 1.54) is 71.6 Å². The monoisotopic (exact) mass is 764 g/mol. The first-order valence-electron chi connectivity index (χ1n) is 20.6. The molecule has 0 bridgehead atoms. The molecule has 282 valence electrons. The van der Waals surface area contributed by atoms with Gasteiger partial charge in [0, 0.05) is 33.4 Å². The molecule has 1 aromatic heterocycles. The van der Waals surface area contributed by atoms with Crippen molar-refractivity contribution in [3.63, 3.8) is 0 Å². The minimum atomic E-state index is 1.08. The average Bonchev–Trinajstić information content (AvgIpc) is 3.66. The van der Waals surface area contributed by atoms with Crippen LogP contribution in [-0.2, 0) is 0 Å². The second kappa shape index (κ2) is 15.1. The Balaban J connectivity index is 1.09. The van der Waals surface area contributed by atoms with Crippen LogP contribution >= 0.6 is 0 Å². The van der Waals surface area contributed by atoms with Gasteiger partial charge in [0.15, 0.2) is 0 Å². The lowest BCUT2D eigenvalue weighted by molar-refractivity contribution is 1.18. The number of aromatic nitrogens is 1. The lowest BCUT2D eigenvalue weighted by atomic mass is 9.94. The molecule has 0 aliphatic carbocycles. The van der Waals surface area contributed by atoms with Gasteiger partial charge < -0.3 is 9.47 Å². The van der Waals surface area contributed by atoms with Gasteiger partial charge in [0.05, 0.1) is 16.7 Å². The molecular formula is C58H40N2. The van der Waals surface area contributed by atoms with E-state index in [0.717, 1.165) is 28.3 Å². The van der Waals surface area contributed by atoms with Crippen molar-refractivity contribution in [3.05, 3.63) is 243 Å². The second-order valence-electron chi connectivity index (χ2n) is 15.3. The summed E-state index contributed by atoms with van der Waals surface area (Å²) in [6.45, 7) is 0. The lowest BCUT2D eigenvalue weighted by Crippen LogP contribution is -2.11. The highest BCUT2D eigenvalue weighted by atomic mass is 15.1. The molecule has 0 fully saturated rings. The minimum Gasteiger partial charge on any atom is -0.310 e. The molecule has 1 heterocycles. The fourth-order valence-corrected chi connectivity index (χ4v) is 8.99. The molecule has 60 heavy (non-hydrogen) atoms. The van der Waals surface area contributed by atoms with Crippen LogP contribution < -0.4 is 4.90 Å². The third-order valence-electron chi connectivity index (χ3n) is 11.8. The summed E-state index contributed by atoms with van der Waals surface area (Å²) in [5, 5.41) is 4.91. The van der Waals surface area contributed by atoms with Crippen LogP contribution in [0.4, 0.5) is 17.1 Å². The van der Waals surface area contributed by atoms with Gasteiger partial charge in [-0.05, 0) is 98.2 Å². The normalized spacial score (nSPS) is 11.3. The van der Waals surface area contributed by atoms with Crippen LogP contribution in [0.25, 0.3) is 82.8 Å². The molecule has 0 atom stereocenters. The van der Waals surface area contributed by atoms with Crippen LogP contribution in [0.2, 0.25) is 0 Å². The molecular weight excluding hydrogens is 725 g/mol. The molecule has 0 spiro atoms. The molecule has 2 nitrogen and oxygen atoms in total. The predicted octanol–water partition coefficient (Wildman–Crippen LogP) is 16.1. The smallest absolute Gasteiger partial charge is 0.0561 e. The largest absolute Gasteiger partial charge is 0.310 e. The summed E-state index contributed by atoms with van der Waals surface area (Å²) in [4.78, 5) is 2.43. The molecule has 10 aromatic carbocycles. The van der Waals surface area contributed by atoms with E-state index in [1.807, 2.05) is 0 Å². The summed E-state index contributed by atoms with van der Waals surface area (Å²) in [7, 11) is 0. The number of fused-ring (bicyclic) bond motifs is 4. The van der Waals surface area contributed by atoms with Gasteiger partial charge in [-0.15, -0.1) is 0 Å². The molecule has 0 aliphatic rings. The van der Waals surface area contributed by atoms with Gasteiger partial charge in [-0.25, -0.2) is 0 Å².